The van der Waals surface area contributed by atoms with Gasteiger partial charge in [-0.3, -0.25) is 0 Å². The van der Waals surface area contributed by atoms with Gasteiger partial charge in [0, 0.05) is 11.8 Å². The van der Waals surface area contributed by atoms with Gasteiger partial charge >= 0.3 is 0 Å². The van der Waals surface area contributed by atoms with Crippen LogP contribution in [0.1, 0.15) is 39.3 Å². The summed E-state index contributed by atoms with van der Waals surface area (Å²) in [6, 6.07) is 0. The zero-order valence-electron chi connectivity index (χ0n) is 10.6. The highest BCUT2D eigenvalue weighted by molar-refractivity contribution is 7.13. The second-order valence-corrected chi connectivity index (χ2v) is 6.09. The highest BCUT2D eigenvalue weighted by Gasteiger charge is 2.18. The number of hydrogen-bond donors (Lipinski definition) is 0. The molecule has 0 atom stereocenters. The maximum Gasteiger partial charge on any atom is 0.276 e. The topological polar surface area (TPSA) is 51.8 Å². The number of aryl methyl sites for hydroxylation is 1. The van der Waals surface area contributed by atoms with Crippen molar-refractivity contribution >= 4 is 11.3 Å². The largest absolute Gasteiger partial charge is 0.419 e. The van der Waals surface area contributed by atoms with E-state index in [4.69, 9.17) is 4.42 Å². The van der Waals surface area contributed by atoms with Crippen molar-refractivity contribution in [3.8, 4) is 10.9 Å². The van der Waals surface area contributed by atoms with Gasteiger partial charge in [-0.25, -0.2) is 4.98 Å². The summed E-state index contributed by atoms with van der Waals surface area (Å²) in [6.45, 7) is 8.53. The van der Waals surface area contributed by atoms with E-state index in [0.717, 1.165) is 23.5 Å². The molecule has 0 aliphatic rings. The first kappa shape index (κ1) is 12.2. The lowest BCUT2D eigenvalue weighted by molar-refractivity contribution is 0.357. The molecule has 0 aromatic carbocycles. The fraction of sp³-hybridized carbons (Fsp3) is 0.583. The zero-order chi connectivity index (χ0) is 12.5. The number of hydrogen-bond acceptors (Lipinski definition) is 5. The van der Waals surface area contributed by atoms with Crippen molar-refractivity contribution in [2.24, 2.45) is 5.41 Å². The molecule has 2 heterocycles. The van der Waals surface area contributed by atoms with Crippen LogP contribution >= 0.6 is 11.3 Å². The fourth-order valence-electron chi connectivity index (χ4n) is 1.43. The molecule has 5 heteroatoms. The molecule has 17 heavy (non-hydrogen) atoms. The molecule has 0 radical (unpaired) electrons. The van der Waals surface area contributed by atoms with E-state index in [1.807, 2.05) is 5.38 Å². The first-order valence-corrected chi connectivity index (χ1v) is 6.63. The lowest BCUT2D eigenvalue weighted by atomic mass is 9.92. The van der Waals surface area contributed by atoms with Crippen molar-refractivity contribution in [3.63, 3.8) is 0 Å². The van der Waals surface area contributed by atoms with E-state index in [-0.39, 0.29) is 5.41 Å². The van der Waals surface area contributed by atoms with Crippen LogP contribution in [0.5, 0.6) is 0 Å². The van der Waals surface area contributed by atoms with Crippen LogP contribution in [-0.2, 0) is 12.8 Å². The summed E-state index contributed by atoms with van der Waals surface area (Å²) in [7, 11) is 0. The van der Waals surface area contributed by atoms with Gasteiger partial charge in [-0.15, -0.1) is 21.5 Å². The van der Waals surface area contributed by atoms with Crippen LogP contribution in [0, 0.1) is 5.41 Å². The van der Waals surface area contributed by atoms with E-state index in [1.165, 1.54) is 0 Å². The van der Waals surface area contributed by atoms with Crippen LogP contribution in [0.4, 0.5) is 0 Å². The Balaban J connectivity index is 2.18. The highest BCUT2D eigenvalue weighted by Crippen LogP contribution is 2.25. The normalized spacial score (nSPS) is 12.0. The van der Waals surface area contributed by atoms with E-state index in [1.54, 1.807) is 11.3 Å². The molecule has 0 unspecified atom stereocenters. The molecule has 2 aromatic heterocycles. The van der Waals surface area contributed by atoms with Gasteiger partial charge in [-0.05, 0) is 11.8 Å². The van der Waals surface area contributed by atoms with Gasteiger partial charge in [0.1, 0.15) is 0 Å². The average molecular weight is 251 g/mol. The molecule has 4 nitrogen and oxygen atoms in total. The minimum absolute atomic E-state index is 0.154. The van der Waals surface area contributed by atoms with E-state index in [2.05, 4.69) is 42.9 Å². The summed E-state index contributed by atoms with van der Waals surface area (Å²) in [4.78, 5) is 4.43. The Morgan fingerprint density at radius 2 is 2.06 bits per heavy atom. The lowest BCUT2D eigenvalue weighted by Crippen LogP contribution is -2.09. The SMILES string of the molecule is CCc1csc(-c2nnc(CC(C)(C)C)o2)n1. The number of thiazole rings is 1. The first-order chi connectivity index (χ1) is 7.98. The van der Waals surface area contributed by atoms with E-state index in [9.17, 15) is 0 Å². The lowest BCUT2D eigenvalue weighted by Gasteiger charge is -2.14. The summed E-state index contributed by atoms with van der Waals surface area (Å²) >= 11 is 1.55. The third-order valence-corrected chi connectivity index (χ3v) is 3.12. The number of nitrogens with zero attached hydrogens (tertiary/aromatic N) is 3. The Labute approximate surface area is 105 Å². The van der Waals surface area contributed by atoms with Crippen molar-refractivity contribution in [1.29, 1.82) is 0 Å². The third kappa shape index (κ3) is 3.12. The van der Waals surface area contributed by atoms with Crippen molar-refractivity contribution in [2.75, 3.05) is 0 Å². The maximum atomic E-state index is 5.63. The summed E-state index contributed by atoms with van der Waals surface area (Å²) in [5.74, 6) is 1.22. The molecule has 0 spiro atoms. The molecule has 0 bridgehead atoms. The maximum absolute atomic E-state index is 5.63. The Kier molecular flexibility index (Phi) is 3.28. The van der Waals surface area contributed by atoms with E-state index >= 15 is 0 Å². The minimum atomic E-state index is 0.154. The van der Waals surface area contributed by atoms with Crippen LogP contribution in [0.25, 0.3) is 10.9 Å². The molecule has 0 saturated heterocycles. The van der Waals surface area contributed by atoms with E-state index < -0.39 is 0 Å². The summed E-state index contributed by atoms with van der Waals surface area (Å²) < 4.78 is 5.63. The van der Waals surface area contributed by atoms with Crippen molar-refractivity contribution in [2.45, 2.75) is 40.5 Å². The number of aromatic nitrogens is 3. The average Bonchev–Trinajstić information content (AvgIpc) is 2.82. The molecule has 0 aliphatic carbocycles. The molecule has 2 aromatic rings. The van der Waals surface area contributed by atoms with Crippen molar-refractivity contribution < 1.29 is 4.42 Å². The smallest absolute Gasteiger partial charge is 0.276 e. The molecule has 0 N–H and O–H groups in total. The van der Waals surface area contributed by atoms with Gasteiger partial charge in [0.15, 0.2) is 5.01 Å². The number of rotatable bonds is 3. The minimum Gasteiger partial charge on any atom is -0.419 e. The quantitative estimate of drug-likeness (QED) is 0.839. The van der Waals surface area contributed by atoms with Gasteiger partial charge in [-0.1, -0.05) is 27.7 Å². The summed E-state index contributed by atoms with van der Waals surface area (Å²) in [5.41, 5.74) is 1.22. The molecule has 0 aliphatic heterocycles. The standard InChI is InChI=1S/C12H17N3OS/c1-5-8-7-17-11(13-8)10-15-14-9(16-10)6-12(2,3)4/h7H,5-6H2,1-4H3. The predicted octanol–water partition coefficient (Wildman–Crippen LogP) is 3.34. The summed E-state index contributed by atoms with van der Waals surface area (Å²) in [5, 5.41) is 11.0. The predicted molar refractivity (Wildman–Crippen MR) is 67.9 cm³/mol. The van der Waals surface area contributed by atoms with Crippen LogP contribution in [0.3, 0.4) is 0 Å². The molecular formula is C12H17N3OS. The van der Waals surface area contributed by atoms with Gasteiger partial charge in [0.2, 0.25) is 5.89 Å². The van der Waals surface area contributed by atoms with Crippen LogP contribution in [-0.4, -0.2) is 15.2 Å². The van der Waals surface area contributed by atoms with Crippen LogP contribution < -0.4 is 0 Å². The van der Waals surface area contributed by atoms with Crippen LogP contribution in [0.15, 0.2) is 9.80 Å². The van der Waals surface area contributed by atoms with E-state index in [0.29, 0.717) is 11.8 Å². The molecule has 0 fully saturated rings. The zero-order valence-corrected chi connectivity index (χ0v) is 11.5. The Bertz CT molecular complexity index is 496. The molecule has 2 rings (SSSR count). The van der Waals surface area contributed by atoms with Gasteiger partial charge in [0.25, 0.3) is 5.89 Å². The molecule has 0 amide bonds. The van der Waals surface area contributed by atoms with Gasteiger partial charge < -0.3 is 4.42 Å². The first-order valence-electron chi connectivity index (χ1n) is 5.75. The highest BCUT2D eigenvalue weighted by atomic mass is 32.1. The monoisotopic (exact) mass is 251 g/mol. The van der Waals surface area contributed by atoms with Crippen molar-refractivity contribution in [1.82, 2.24) is 15.2 Å². The molecule has 92 valence electrons. The fourth-order valence-corrected chi connectivity index (χ4v) is 2.25. The van der Waals surface area contributed by atoms with Gasteiger partial charge in [0.05, 0.1) is 5.69 Å². The second kappa shape index (κ2) is 4.56. The summed E-state index contributed by atoms with van der Waals surface area (Å²) in [6.07, 6.45) is 1.71. The Hall–Kier alpha value is -1.23. The van der Waals surface area contributed by atoms with Crippen molar-refractivity contribution in [3.05, 3.63) is 17.0 Å². The molecular weight excluding hydrogens is 234 g/mol. The Morgan fingerprint density at radius 1 is 1.29 bits per heavy atom. The Morgan fingerprint density at radius 3 is 2.65 bits per heavy atom. The molecule has 0 saturated carbocycles. The van der Waals surface area contributed by atoms with Gasteiger partial charge in [-0.2, -0.15) is 0 Å². The third-order valence-electron chi connectivity index (χ3n) is 2.25. The van der Waals surface area contributed by atoms with Crippen LogP contribution in [0.2, 0.25) is 0 Å². The second-order valence-electron chi connectivity index (χ2n) is 5.24.